The Balaban J connectivity index is 1.31. The minimum absolute atomic E-state index is 0.103. The Hall–Kier alpha value is -4.12. The Morgan fingerprint density at radius 3 is 2.17 bits per heavy atom. The third kappa shape index (κ3) is 9.45. The topological polar surface area (TPSA) is 132 Å². The molecular weight excluding hydrogens is 586 g/mol. The second-order valence-corrected chi connectivity index (χ2v) is 12.2. The summed E-state index contributed by atoms with van der Waals surface area (Å²) >= 11 is 0. The fourth-order valence-corrected chi connectivity index (χ4v) is 6.54. The van der Waals surface area contributed by atoms with Crippen LogP contribution >= 0.6 is 0 Å². The first kappa shape index (κ1) is 34.7. The van der Waals surface area contributed by atoms with E-state index in [-0.39, 0.29) is 24.6 Å². The van der Waals surface area contributed by atoms with Crippen LogP contribution in [0, 0.1) is 0 Å². The summed E-state index contributed by atoms with van der Waals surface area (Å²) in [5.41, 5.74) is 1.31. The Labute approximate surface area is 272 Å². The molecule has 1 unspecified atom stereocenters. The van der Waals surface area contributed by atoms with Crippen LogP contribution in [-0.4, -0.2) is 94.8 Å². The largest absolute Gasteiger partial charge is 0.465 e. The predicted molar refractivity (Wildman–Crippen MR) is 175 cm³/mol. The molecule has 0 radical (unpaired) electrons. The molecule has 11 nitrogen and oxygen atoms in total. The molecule has 2 aliphatic heterocycles. The number of unbranched alkanes of at least 4 members (excludes halogenated alkanes) is 2. The molecule has 1 atom stereocenters. The first-order valence-electron chi connectivity index (χ1n) is 16.7. The normalized spacial score (nSPS) is 16.9. The second-order valence-electron chi connectivity index (χ2n) is 12.2. The van der Waals surface area contributed by atoms with Crippen molar-refractivity contribution in [3.63, 3.8) is 0 Å². The number of rotatable bonds is 17. The molecule has 250 valence electrons. The molecule has 5 amide bonds. The lowest BCUT2D eigenvalue weighted by atomic mass is 9.84. The van der Waals surface area contributed by atoms with Crippen LogP contribution < -0.4 is 10.6 Å². The van der Waals surface area contributed by atoms with E-state index in [9.17, 15) is 19.2 Å². The molecule has 2 fully saturated rings. The van der Waals surface area contributed by atoms with E-state index in [4.69, 9.17) is 9.84 Å². The van der Waals surface area contributed by atoms with Gasteiger partial charge in [0.1, 0.15) is 12.1 Å². The number of amides is 5. The van der Waals surface area contributed by atoms with Crippen molar-refractivity contribution in [1.82, 2.24) is 25.3 Å². The van der Waals surface area contributed by atoms with Crippen molar-refractivity contribution in [2.45, 2.75) is 82.9 Å². The number of nitrogens with zero attached hydrogens (tertiary/aromatic N) is 3. The molecule has 46 heavy (non-hydrogen) atoms. The van der Waals surface area contributed by atoms with Gasteiger partial charge in [0, 0.05) is 45.3 Å². The summed E-state index contributed by atoms with van der Waals surface area (Å²) < 4.78 is 5.26. The molecule has 11 heteroatoms. The van der Waals surface area contributed by atoms with Crippen LogP contribution in [0.2, 0.25) is 0 Å². The van der Waals surface area contributed by atoms with Gasteiger partial charge in [-0.05, 0) is 62.5 Å². The fraction of sp³-hybridized carbons (Fsp3) is 0.543. The van der Waals surface area contributed by atoms with Crippen molar-refractivity contribution in [2.75, 3.05) is 39.3 Å². The molecule has 2 aromatic rings. The number of carbonyl (C=O) groups is 4. The second kappa shape index (κ2) is 17.5. The molecule has 2 aromatic carbocycles. The molecular formula is C35H49N5O6. The van der Waals surface area contributed by atoms with Crippen LogP contribution in [0.25, 0.3) is 0 Å². The third-order valence-electron chi connectivity index (χ3n) is 9.09. The van der Waals surface area contributed by atoms with E-state index in [0.29, 0.717) is 65.0 Å². The van der Waals surface area contributed by atoms with E-state index < -0.39 is 17.7 Å². The number of urea groups is 1. The van der Waals surface area contributed by atoms with Crippen LogP contribution in [0.3, 0.4) is 0 Å². The van der Waals surface area contributed by atoms with Gasteiger partial charge < -0.3 is 25.4 Å². The first-order valence-corrected chi connectivity index (χ1v) is 16.7. The van der Waals surface area contributed by atoms with Crippen molar-refractivity contribution < 1.29 is 29.0 Å². The lowest BCUT2D eigenvalue weighted by Crippen LogP contribution is -2.58. The van der Waals surface area contributed by atoms with Crippen molar-refractivity contribution in [3.05, 3.63) is 71.8 Å². The fourth-order valence-electron chi connectivity index (χ4n) is 6.54. The number of piperidine rings is 1. The minimum atomic E-state index is -1.02. The molecule has 1 spiro atoms. The van der Waals surface area contributed by atoms with Gasteiger partial charge in [0.25, 0.3) is 5.91 Å². The quantitative estimate of drug-likeness (QED) is 0.160. The maximum Gasteiger partial charge on any atom is 0.407 e. The van der Waals surface area contributed by atoms with Crippen molar-refractivity contribution >= 4 is 24.1 Å². The van der Waals surface area contributed by atoms with Gasteiger partial charge in [-0.1, -0.05) is 74.0 Å². The van der Waals surface area contributed by atoms with E-state index in [1.165, 1.54) is 10.5 Å². The van der Waals surface area contributed by atoms with E-state index in [2.05, 4.69) is 34.6 Å². The first-order chi connectivity index (χ1) is 22.3. The lowest BCUT2D eigenvalue weighted by Gasteiger charge is -2.45. The number of hydrogen-bond acceptors (Lipinski definition) is 6. The van der Waals surface area contributed by atoms with E-state index >= 15 is 0 Å². The monoisotopic (exact) mass is 635 g/mol. The Morgan fingerprint density at radius 2 is 1.52 bits per heavy atom. The summed E-state index contributed by atoms with van der Waals surface area (Å²) in [4.78, 5) is 56.3. The molecule has 3 N–H and O–H groups in total. The van der Waals surface area contributed by atoms with Gasteiger partial charge in [-0.3, -0.25) is 14.6 Å². The Morgan fingerprint density at radius 1 is 0.870 bits per heavy atom. The number of nitrogens with one attached hydrogen (secondary N) is 2. The van der Waals surface area contributed by atoms with E-state index in [1.54, 1.807) is 0 Å². The lowest BCUT2D eigenvalue weighted by molar-refractivity contribution is -0.136. The summed E-state index contributed by atoms with van der Waals surface area (Å²) in [6, 6.07) is 19.7. The number of hydrogen-bond donors (Lipinski definition) is 3. The number of benzene rings is 2. The van der Waals surface area contributed by atoms with Gasteiger partial charge in [-0.2, -0.15) is 0 Å². The van der Waals surface area contributed by atoms with Gasteiger partial charge in [0.05, 0.1) is 0 Å². The zero-order valence-corrected chi connectivity index (χ0v) is 27.0. The zero-order valence-electron chi connectivity index (χ0n) is 27.0. The summed E-state index contributed by atoms with van der Waals surface area (Å²) in [6.45, 7) is 5.33. The number of ether oxygens (including phenoxy) is 1. The highest BCUT2D eigenvalue weighted by Crippen LogP contribution is 2.38. The summed E-state index contributed by atoms with van der Waals surface area (Å²) in [7, 11) is 0. The smallest absolute Gasteiger partial charge is 0.407 e. The number of carbonyl (C=O) groups excluding carboxylic acids is 3. The highest BCUT2D eigenvalue weighted by Gasteiger charge is 2.57. The van der Waals surface area contributed by atoms with Crippen LogP contribution in [0.4, 0.5) is 14.4 Å². The summed E-state index contributed by atoms with van der Waals surface area (Å²) in [5, 5.41) is 14.2. The maximum atomic E-state index is 14.0. The van der Waals surface area contributed by atoms with E-state index in [0.717, 1.165) is 37.7 Å². The van der Waals surface area contributed by atoms with E-state index in [1.807, 2.05) is 53.4 Å². The highest BCUT2D eigenvalue weighted by atomic mass is 16.5. The standard InChI is InChI=1S/C35H49N5O6/c1-2-3-23-40-34(45)39(22-11-10-20-37-33(44)46-27-29-15-8-5-9-16-29)31(41)35(40)18-24-38(25-19-35)30(17-12-21-36-32(42)43)26-28-13-6-4-7-14-28/h4-9,13-16,30,36H,2-3,10-12,17-27H2,1H3,(H,37,44)(H,42,43). The molecule has 0 aromatic heterocycles. The third-order valence-corrected chi connectivity index (χ3v) is 9.09. The molecule has 0 saturated carbocycles. The predicted octanol–water partition coefficient (Wildman–Crippen LogP) is 5.25. The molecule has 2 heterocycles. The van der Waals surface area contributed by atoms with Gasteiger partial charge >= 0.3 is 18.2 Å². The van der Waals surface area contributed by atoms with Crippen LogP contribution in [0.15, 0.2) is 60.7 Å². The van der Waals surface area contributed by atoms with Crippen LogP contribution in [0.5, 0.6) is 0 Å². The number of carboxylic acid groups (broad SMARTS) is 1. The van der Waals surface area contributed by atoms with Crippen LogP contribution in [-0.2, 0) is 22.6 Å². The zero-order chi connectivity index (χ0) is 32.8. The van der Waals surface area contributed by atoms with Crippen molar-refractivity contribution in [1.29, 1.82) is 0 Å². The molecule has 0 bridgehead atoms. The van der Waals surface area contributed by atoms with Gasteiger partial charge in [0.2, 0.25) is 0 Å². The number of imide groups is 1. The average Bonchev–Trinajstić information content (AvgIpc) is 3.25. The maximum absolute atomic E-state index is 14.0. The minimum Gasteiger partial charge on any atom is -0.465 e. The van der Waals surface area contributed by atoms with Gasteiger partial charge in [-0.15, -0.1) is 0 Å². The Bertz CT molecular complexity index is 1270. The van der Waals surface area contributed by atoms with Gasteiger partial charge in [-0.25, -0.2) is 14.4 Å². The summed E-state index contributed by atoms with van der Waals surface area (Å²) in [5.74, 6) is -0.103. The van der Waals surface area contributed by atoms with Crippen molar-refractivity contribution in [3.8, 4) is 0 Å². The van der Waals surface area contributed by atoms with Gasteiger partial charge in [0.15, 0.2) is 0 Å². The molecule has 2 aliphatic rings. The summed E-state index contributed by atoms with van der Waals surface area (Å²) in [6.07, 6.45) is 5.00. The molecule has 2 saturated heterocycles. The van der Waals surface area contributed by atoms with Crippen LogP contribution in [0.1, 0.15) is 69.4 Å². The SMILES string of the molecule is CCCCN1C(=O)N(CCCCNC(=O)OCc2ccccc2)C(=O)C12CCN(C(CCCNC(=O)O)Cc1ccccc1)CC2. The average molecular weight is 636 g/mol. The van der Waals surface area contributed by atoms with Crippen molar-refractivity contribution in [2.24, 2.45) is 0 Å². The number of likely N-dealkylation sites (tertiary alicyclic amines) is 1. The highest BCUT2D eigenvalue weighted by molar-refractivity contribution is 6.07. The molecule has 0 aliphatic carbocycles. The molecule has 4 rings (SSSR count). The number of alkyl carbamates (subject to hydrolysis) is 1. The Kier molecular flexibility index (Phi) is 13.3.